The average Bonchev–Trinajstić information content (AvgIpc) is 2.14. The molecule has 0 aliphatic carbocycles. The number of rotatable bonds is 3. The van der Waals surface area contributed by atoms with Crippen molar-refractivity contribution in [3.63, 3.8) is 0 Å². The van der Waals surface area contributed by atoms with Crippen LogP contribution < -0.4 is 5.73 Å². The maximum absolute atomic E-state index is 11.4. The third kappa shape index (κ3) is 3.32. The first-order valence-electron chi connectivity index (χ1n) is 4.85. The van der Waals surface area contributed by atoms with E-state index in [1.165, 1.54) is 0 Å². The van der Waals surface area contributed by atoms with Crippen LogP contribution in [0.5, 0.6) is 0 Å². The molecule has 1 aliphatic heterocycles. The van der Waals surface area contributed by atoms with Gasteiger partial charge in [-0.05, 0) is 19.8 Å². The average molecular weight is 186 g/mol. The summed E-state index contributed by atoms with van der Waals surface area (Å²) in [6, 6.07) is 0.152. The first-order valence-corrected chi connectivity index (χ1v) is 4.85. The van der Waals surface area contributed by atoms with Crippen molar-refractivity contribution in [2.24, 2.45) is 5.73 Å². The number of hydrogen-bond acceptors (Lipinski definition) is 3. The molecule has 1 aliphatic rings. The molecule has 1 rings (SSSR count). The Balaban J connectivity index is 2.28. The SMILES string of the molecule is CCOCC(=O)N1CCC[C@@H](N)C1. The van der Waals surface area contributed by atoms with Crippen LogP contribution in [0.25, 0.3) is 0 Å². The van der Waals surface area contributed by atoms with E-state index in [-0.39, 0.29) is 18.6 Å². The van der Waals surface area contributed by atoms with Crippen LogP contribution in [0, 0.1) is 0 Å². The minimum atomic E-state index is 0.0667. The lowest BCUT2D eigenvalue weighted by Crippen LogP contribution is -2.46. The Bertz CT molecular complexity index is 173. The molecular weight excluding hydrogens is 168 g/mol. The number of ether oxygens (including phenoxy) is 1. The molecule has 0 spiro atoms. The Kier molecular flexibility index (Phi) is 4.18. The summed E-state index contributed by atoms with van der Waals surface area (Å²) in [5, 5.41) is 0. The van der Waals surface area contributed by atoms with Crippen LogP contribution in [0.1, 0.15) is 19.8 Å². The van der Waals surface area contributed by atoms with Gasteiger partial charge in [0.15, 0.2) is 0 Å². The van der Waals surface area contributed by atoms with Crippen LogP contribution in [0.2, 0.25) is 0 Å². The molecule has 1 heterocycles. The van der Waals surface area contributed by atoms with E-state index in [1.54, 1.807) is 4.90 Å². The van der Waals surface area contributed by atoms with Gasteiger partial charge >= 0.3 is 0 Å². The first-order chi connectivity index (χ1) is 6.24. The molecule has 1 amide bonds. The van der Waals surface area contributed by atoms with Crippen molar-refractivity contribution in [2.75, 3.05) is 26.3 Å². The van der Waals surface area contributed by atoms with E-state index in [4.69, 9.17) is 10.5 Å². The van der Waals surface area contributed by atoms with Gasteiger partial charge in [0.25, 0.3) is 0 Å². The van der Waals surface area contributed by atoms with Crippen LogP contribution >= 0.6 is 0 Å². The first kappa shape index (κ1) is 10.5. The van der Waals surface area contributed by atoms with E-state index in [9.17, 15) is 4.79 Å². The summed E-state index contributed by atoms with van der Waals surface area (Å²) < 4.78 is 5.05. The van der Waals surface area contributed by atoms with Crippen molar-refractivity contribution in [3.8, 4) is 0 Å². The molecule has 1 saturated heterocycles. The molecule has 4 heteroatoms. The molecule has 0 aromatic rings. The standard InChI is InChI=1S/C9H18N2O2/c1-2-13-7-9(12)11-5-3-4-8(10)6-11/h8H,2-7,10H2,1H3/t8-/m1/s1. The molecule has 0 unspecified atom stereocenters. The third-order valence-corrected chi connectivity index (χ3v) is 2.24. The van der Waals surface area contributed by atoms with Crippen molar-refractivity contribution in [1.82, 2.24) is 4.90 Å². The molecule has 0 aromatic carbocycles. The maximum atomic E-state index is 11.4. The van der Waals surface area contributed by atoms with E-state index < -0.39 is 0 Å². The summed E-state index contributed by atoms with van der Waals surface area (Å²) in [4.78, 5) is 13.2. The highest BCUT2D eigenvalue weighted by Crippen LogP contribution is 2.08. The number of likely N-dealkylation sites (tertiary alicyclic amines) is 1. The topological polar surface area (TPSA) is 55.6 Å². The molecule has 2 N–H and O–H groups in total. The quantitative estimate of drug-likeness (QED) is 0.673. The minimum Gasteiger partial charge on any atom is -0.372 e. The van der Waals surface area contributed by atoms with Gasteiger partial charge in [0.2, 0.25) is 5.91 Å². The van der Waals surface area contributed by atoms with E-state index in [0.717, 1.165) is 19.4 Å². The van der Waals surface area contributed by atoms with Gasteiger partial charge < -0.3 is 15.4 Å². The van der Waals surface area contributed by atoms with Gasteiger partial charge in [0.05, 0.1) is 0 Å². The van der Waals surface area contributed by atoms with Crippen molar-refractivity contribution in [2.45, 2.75) is 25.8 Å². The number of nitrogens with zero attached hydrogens (tertiary/aromatic N) is 1. The third-order valence-electron chi connectivity index (χ3n) is 2.24. The number of carbonyl (C=O) groups excluding carboxylic acids is 1. The van der Waals surface area contributed by atoms with Gasteiger partial charge in [0, 0.05) is 25.7 Å². The predicted octanol–water partition coefficient (Wildman–Crippen LogP) is -0.0274. The Hall–Kier alpha value is -0.610. The lowest BCUT2D eigenvalue weighted by molar-refractivity contribution is -0.137. The summed E-state index contributed by atoms with van der Waals surface area (Å²) in [6.45, 7) is 4.19. The second kappa shape index (κ2) is 5.19. The number of nitrogens with two attached hydrogens (primary N) is 1. The number of carbonyl (C=O) groups is 1. The van der Waals surface area contributed by atoms with Crippen LogP contribution in [0.4, 0.5) is 0 Å². The van der Waals surface area contributed by atoms with Gasteiger partial charge in [-0.25, -0.2) is 0 Å². The van der Waals surface area contributed by atoms with Gasteiger partial charge in [-0.15, -0.1) is 0 Å². The second-order valence-electron chi connectivity index (χ2n) is 3.38. The zero-order valence-corrected chi connectivity index (χ0v) is 8.16. The fourth-order valence-electron chi connectivity index (χ4n) is 1.52. The summed E-state index contributed by atoms with van der Waals surface area (Å²) >= 11 is 0. The lowest BCUT2D eigenvalue weighted by atomic mass is 10.1. The molecule has 76 valence electrons. The summed E-state index contributed by atoms with van der Waals surface area (Å²) in [5.41, 5.74) is 5.76. The smallest absolute Gasteiger partial charge is 0.248 e. The Labute approximate surface area is 79.0 Å². The largest absolute Gasteiger partial charge is 0.372 e. The minimum absolute atomic E-state index is 0.0667. The molecule has 13 heavy (non-hydrogen) atoms. The molecule has 4 nitrogen and oxygen atoms in total. The molecule has 0 radical (unpaired) electrons. The van der Waals surface area contributed by atoms with Crippen molar-refractivity contribution in [1.29, 1.82) is 0 Å². The normalized spacial score (nSPS) is 23.2. The van der Waals surface area contributed by atoms with Crippen LogP contribution in [0.3, 0.4) is 0 Å². The van der Waals surface area contributed by atoms with E-state index >= 15 is 0 Å². The van der Waals surface area contributed by atoms with Crippen LogP contribution in [-0.2, 0) is 9.53 Å². The zero-order chi connectivity index (χ0) is 9.68. The second-order valence-corrected chi connectivity index (χ2v) is 3.38. The number of hydrogen-bond donors (Lipinski definition) is 1. The highest BCUT2D eigenvalue weighted by atomic mass is 16.5. The maximum Gasteiger partial charge on any atom is 0.248 e. The van der Waals surface area contributed by atoms with Crippen molar-refractivity contribution >= 4 is 5.91 Å². The molecule has 1 fully saturated rings. The fourth-order valence-corrected chi connectivity index (χ4v) is 1.52. The molecule has 0 saturated carbocycles. The zero-order valence-electron chi connectivity index (χ0n) is 8.16. The van der Waals surface area contributed by atoms with Crippen LogP contribution in [0.15, 0.2) is 0 Å². The molecule has 1 atom stereocenters. The van der Waals surface area contributed by atoms with Gasteiger partial charge in [-0.2, -0.15) is 0 Å². The van der Waals surface area contributed by atoms with E-state index in [2.05, 4.69) is 0 Å². The van der Waals surface area contributed by atoms with Gasteiger partial charge in [0.1, 0.15) is 6.61 Å². The number of piperidine rings is 1. The summed E-state index contributed by atoms with van der Waals surface area (Å²) in [6.07, 6.45) is 2.04. The highest BCUT2D eigenvalue weighted by Gasteiger charge is 2.20. The molecular formula is C9H18N2O2. The van der Waals surface area contributed by atoms with Crippen molar-refractivity contribution < 1.29 is 9.53 Å². The van der Waals surface area contributed by atoms with Gasteiger partial charge in [-0.3, -0.25) is 4.79 Å². The van der Waals surface area contributed by atoms with E-state index in [0.29, 0.717) is 13.2 Å². The summed E-state index contributed by atoms with van der Waals surface area (Å²) in [5.74, 6) is 0.0667. The predicted molar refractivity (Wildman–Crippen MR) is 50.3 cm³/mol. The van der Waals surface area contributed by atoms with Crippen molar-refractivity contribution in [3.05, 3.63) is 0 Å². The summed E-state index contributed by atoms with van der Waals surface area (Å²) in [7, 11) is 0. The fraction of sp³-hybridized carbons (Fsp3) is 0.889. The Morgan fingerprint density at radius 1 is 1.69 bits per heavy atom. The van der Waals surface area contributed by atoms with Gasteiger partial charge in [-0.1, -0.05) is 0 Å². The number of amides is 1. The molecule has 0 bridgehead atoms. The Morgan fingerprint density at radius 2 is 2.46 bits per heavy atom. The van der Waals surface area contributed by atoms with Crippen LogP contribution in [-0.4, -0.2) is 43.2 Å². The molecule has 0 aromatic heterocycles. The van der Waals surface area contributed by atoms with E-state index in [1.807, 2.05) is 6.92 Å². The Morgan fingerprint density at radius 3 is 3.08 bits per heavy atom. The monoisotopic (exact) mass is 186 g/mol. The lowest BCUT2D eigenvalue weighted by Gasteiger charge is -2.30. The highest BCUT2D eigenvalue weighted by molar-refractivity contribution is 5.77.